The van der Waals surface area contributed by atoms with Gasteiger partial charge >= 0.3 is 0 Å². The van der Waals surface area contributed by atoms with Gasteiger partial charge in [0.1, 0.15) is 11.6 Å². The molecule has 0 fully saturated rings. The normalized spacial score (nSPS) is 12.4. The molecule has 65 heavy (non-hydrogen) atoms. The minimum atomic E-state index is -0.675. The number of para-hydroxylation sites is 1. The highest BCUT2D eigenvalue weighted by atomic mass is 16.3. The van der Waals surface area contributed by atoms with Crippen LogP contribution in [0.5, 0.6) is 5.75 Å². The lowest BCUT2D eigenvalue weighted by atomic mass is 9.79. The summed E-state index contributed by atoms with van der Waals surface area (Å²) in [6.45, 7) is 21.4. The molecule has 0 unspecified atom stereocenters. The standard InChI is InChI=1S/C61H59N3O/c1-38(2)41-24-26-43(27-25-41)45-28-29-62-55(34-45)48-32-46(42-18-13-11-14-19-42)31-47(33-48)51-22-17-23-56-57(51)63-59(53-35-49(60(5,6)7)36-54(58(53)65)61(8,9)10)64(56)50-30-39(3)40(4)52(37-50)44-20-15-12-16-21-44/h11-38,65H,1-10H3/i38D. The van der Waals surface area contributed by atoms with Gasteiger partial charge in [-0.25, -0.2) is 4.98 Å². The Kier molecular flexibility index (Phi) is 10.9. The summed E-state index contributed by atoms with van der Waals surface area (Å²) in [4.78, 5) is 10.6. The SMILES string of the molecule is [2H]C(C)(C)c1ccc(-c2ccnc(-c3cc(-c4ccccc4)cc(-c4cccc5c4nc(-c4cc(C(C)(C)C)cc(C(C)(C)C)c4O)n5-c4cc(C)c(C)c(-c5ccccc5)c4)c3)c2)cc1. The van der Waals surface area contributed by atoms with Crippen molar-refractivity contribution in [3.05, 3.63) is 192 Å². The van der Waals surface area contributed by atoms with E-state index < -0.39 is 5.89 Å². The van der Waals surface area contributed by atoms with Crippen molar-refractivity contribution in [3.63, 3.8) is 0 Å². The van der Waals surface area contributed by atoms with Crippen molar-refractivity contribution in [2.24, 2.45) is 0 Å². The van der Waals surface area contributed by atoms with Crippen LogP contribution in [0.4, 0.5) is 0 Å². The topological polar surface area (TPSA) is 50.9 Å². The average molecular weight is 851 g/mol. The van der Waals surface area contributed by atoms with E-state index in [9.17, 15) is 5.11 Å². The quantitative estimate of drug-likeness (QED) is 0.166. The van der Waals surface area contributed by atoms with Gasteiger partial charge in [0.2, 0.25) is 0 Å². The van der Waals surface area contributed by atoms with Crippen LogP contribution in [-0.2, 0) is 10.8 Å². The van der Waals surface area contributed by atoms with Gasteiger partial charge in [-0.15, -0.1) is 0 Å². The molecule has 2 heterocycles. The van der Waals surface area contributed by atoms with E-state index in [2.05, 4.69) is 193 Å². The van der Waals surface area contributed by atoms with Crippen LogP contribution in [-0.4, -0.2) is 19.6 Å². The van der Waals surface area contributed by atoms with E-state index in [0.717, 1.165) is 89.2 Å². The van der Waals surface area contributed by atoms with Crippen molar-refractivity contribution in [1.29, 1.82) is 0 Å². The Morgan fingerprint density at radius 3 is 1.86 bits per heavy atom. The summed E-state index contributed by atoms with van der Waals surface area (Å²) in [5.41, 5.74) is 18.8. The van der Waals surface area contributed by atoms with Crippen LogP contribution in [0.1, 0.15) is 90.5 Å². The minimum Gasteiger partial charge on any atom is -0.507 e. The Labute approximate surface area is 386 Å². The van der Waals surface area contributed by atoms with E-state index in [-0.39, 0.29) is 16.6 Å². The number of imidazole rings is 1. The number of pyridine rings is 1. The Balaban J connectivity index is 1.31. The number of rotatable bonds is 8. The number of benzene rings is 7. The molecule has 9 rings (SSSR count). The fourth-order valence-corrected chi connectivity index (χ4v) is 8.96. The summed E-state index contributed by atoms with van der Waals surface area (Å²) in [6, 6.07) is 55.6. The molecule has 0 bridgehead atoms. The number of aromatic nitrogens is 3. The van der Waals surface area contributed by atoms with E-state index in [1.807, 2.05) is 44.3 Å². The molecular formula is C61H59N3O. The van der Waals surface area contributed by atoms with Crippen LogP contribution in [0.15, 0.2) is 164 Å². The predicted octanol–water partition coefficient (Wildman–Crippen LogP) is 16.5. The van der Waals surface area contributed by atoms with Crippen molar-refractivity contribution < 1.29 is 6.48 Å². The molecule has 1 N–H and O–H groups in total. The number of aryl methyl sites for hydroxylation is 1. The summed E-state index contributed by atoms with van der Waals surface area (Å²) in [5, 5.41) is 12.5. The zero-order valence-corrected chi connectivity index (χ0v) is 39.4. The Bertz CT molecular complexity index is 3250. The second kappa shape index (κ2) is 16.8. The first-order valence-electron chi connectivity index (χ1n) is 23.2. The van der Waals surface area contributed by atoms with Crippen molar-refractivity contribution >= 4 is 11.0 Å². The molecule has 0 aliphatic carbocycles. The van der Waals surface area contributed by atoms with Gasteiger partial charge in [0.25, 0.3) is 0 Å². The van der Waals surface area contributed by atoms with E-state index in [4.69, 9.17) is 11.3 Å². The lowest BCUT2D eigenvalue weighted by Crippen LogP contribution is -2.17. The fourth-order valence-electron chi connectivity index (χ4n) is 8.96. The first-order chi connectivity index (χ1) is 31.3. The first-order valence-corrected chi connectivity index (χ1v) is 22.7. The summed E-state index contributed by atoms with van der Waals surface area (Å²) < 4.78 is 10.8. The number of aromatic hydroxyl groups is 1. The monoisotopic (exact) mass is 850 g/mol. The van der Waals surface area contributed by atoms with Crippen molar-refractivity contribution in [1.82, 2.24) is 14.5 Å². The highest BCUT2D eigenvalue weighted by Crippen LogP contribution is 2.45. The lowest BCUT2D eigenvalue weighted by molar-refractivity contribution is 0.446. The van der Waals surface area contributed by atoms with Gasteiger partial charge < -0.3 is 5.11 Å². The second-order valence-corrected chi connectivity index (χ2v) is 19.8. The van der Waals surface area contributed by atoms with Gasteiger partial charge in [-0.3, -0.25) is 9.55 Å². The maximum absolute atomic E-state index is 12.5. The molecule has 9 aromatic rings. The molecule has 0 spiro atoms. The third-order valence-electron chi connectivity index (χ3n) is 12.9. The fraction of sp³-hybridized carbons (Fsp3) is 0.213. The van der Waals surface area contributed by atoms with Gasteiger partial charge in [-0.1, -0.05) is 159 Å². The highest BCUT2D eigenvalue weighted by molar-refractivity contribution is 5.98. The summed E-state index contributed by atoms with van der Waals surface area (Å²) in [6.07, 6.45) is 1.88. The smallest absolute Gasteiger partial charge is 0.149 e. The lowest BCUT2D eigenvalue weighted by Gasteiger charge is -2.27. The Morgan fingerprint density at radius 1 is 0.554 bits per heavy atom. The van der Waals surface area contributed by atoms with E-state index >= 15 is 0 Å². The maximum Gasteiger partial charge on any atom is 0.149 e. The molecular weight excluding hydrogens is 791 g/mol. The van der Waals surface area contributed by atoms with Crippen LogP contribution in [0, 0.1) is 13.8 Å². The van der Waals surface area contributed by atoms with Crippen molar-refractivity contribution in [2.75, 3.05) is 0 Å². The van der Waals surface area contributed by atoms with Gasteiger partial charge in [-0.05, 0) is 146 Å². The average Bonchev–Trinajstić information content (AvgIpc) is 3.69. The Morgan fingerprint density at radius 2 is 1.20 bits per heavy atom. The molecule has 0 aliphatic rings. The number of phenolic OH excluding ortho intramolecular Hbond substituents is 1. The zero-order valence-electron chi connectivity index (χ0n) is 40.4. The van der Waals surface area contributed by atoms with E-state index in [1.54, 1.807) is 0 Å². The van der Waals surface area contributed by atoms with Gasteiger partial charge in [-0.2, -0.15) is 0 Å². The van der Waals surface area contributed by atoms with Crippen LogP contribution in [0.25, 0.3) is 83.9 Å². The summed E-state index contributed by atoms with van der Waals surface area (Å²) in [5.74, 6) is 0.257. The van der Waals surface area contributed by atoms with Crippen LogP contribution in [0.3, 0.4) is 0 Å². The molecule has 7 aromatic carbocycles. The van der Waals surface area contributed by atoms with E-state index in [1.165, 1.54) is 11.1 Å². The maximum atomic E-state index is 12.5. The molecule has 324 valence electrons. The van der Waals surface area contributed by atoms with Crippen LogP contribution in [0.2, 0.25) is 0 Å². The molecule has 0 atom stereocenters. The summed E-state index contributed by atoms with van der Waals surface area (Å²) >= 11 is 0. The number of fused-ring (bicyclic) bond motifs is 1. The zero-order chi connectivity index (χ0) is 46.7. The van der Waals surface area contributed by atoms with Gasteiger partial charge in [0.15, 0.2) is 0 Å². The summed E-state index contributed by atoms with van der Waals surface area (Å²) in [7, 11) is 0. The van der Waals surface area contributed by atoms with Crippen LogP contribution < -0.4 is 0 Å². The molecule has 4 nitrogen and oxygen atoms in total. The van der Waals surface area contributed by atoms with Crippen molar-refractivity contribution in [3.8, 4) is 78.6 Å². The highest BCUT2D eigenvalue weighted by Gasteiger charge is 2.29. The number of hydrogen-bond acceptors (Lipinski definition) is 3. The molecule has 0 radical (unpaired) electrons. The van der Waals surface area contributed by atoms with E-state index in [0.29, 0.717) is 11.4 Å². The Hall–Kier alpha value is -7.04. The largest absolute Gasteiger partial charge is 0.507 e. The third-order valence-corrected chi connectivity index (χ3v) is 12.9. The molecule has 2 aromatic heterocycles. The first kappa shape index (κ1) is 41.9. The number of hydrogen-bond donors (Lipinski definition) is 1. The molecule has 0 amide bonds. The van der Waals surface area contributed by atoms with Crippen LogP contribution >= 0.6 is 0 Å². The number of nitrogens with zero attached hydrogens (tertiary/aromatic N) is 3. The van der Waals surface area contributed by atoms with Gasteiger partial charge in [0, 0.05) is 29.9 Å². The molecule has 4 heteroatoms. The predicted molar refractivity (Wildman–Crippen MR) is 274 cm³/mol. The van der Waals surface area contributed by atoms with Gasteiger partial charge in [0.05, 0.1) is 22.3 Å². The molecule has 0 aliphatic heterocycles. The second-order valence-electron chi connectivity index (χ2n) is 19.8. The molecule has 0 saturated carbocycles. The molecule has 0 saturated heterocycles. The number of phenols is 1. The van der Waals surface area contributed by atoms with Crippen molar-refractivity contribution in [2.45, 2.75) is 86.0 Å². The third kappa shape index (κ3) is 8.42. The minimum absolute atomic E-state index is 0.187.